The lowest BCUT2D eigenvalue weighted by Crippen LogP contribution is -2.61. The molecule has 21 N–H and O–H groups in total. The molecule has 7 unspecified atom stereocenters. The third-order valence-corrected chi connectivity index (χ3v) is 11.7. The number of carbonyl (C=O) groups excluding carboxylic acids is 9. The van der Waals surface area contributed by atoms with E-state index in [0.717, 1.165) is 10.9 Å². The van der Waals surface area contributed by atoms with Gasteiger partial charge in [0.15, 0.2) is 11.9 Å². The van der Waals surface area contributed by atoms with Crippen molar-refractivity contribution in [2.24, 2.45) is 44.4 Å². The van der Waals surface area contributed by atoms with Gasteiger partial charge in [0.05, 0.1) is 6.42 Å². The molecule has 0 saturated carbocycles. The summed E-state index contributed by atoms with van der Waals surface area (Å²) in [6, 6.07) is 6.14. The predicted octanol–water partition coefficient (Wildman–Crippen LogP) is -4.39. The fraction of sp³-hybridized carbons (Fsp3) is 0.468. The second-order valence-corrected chi connectivity index (χ2v) is 17.5. The summed E-state index contributed by atoms with van der Waals surface area (Å²) in [7, 11) is 0. The molecule has 1 saturated heterocycles. The van der Waals surface area contributed by atoms with Gasteiger partial charge in [0, 0.05) is 63.0 Å². The van der Waals surface area contributed by atoms with Gasteiger partial charge in [-0.2, -0.15) is 0 Å². The van der Waals surface area contributed by atoms with E-state index in [-0.39, 0.29) is 89.3 Å². The Morgan fingerprint density at radius 2 is 1.29 bits per heavy atom. The third-order valence-electron chi connectivity index (χ3n) is 11.7. The smallest absolute Gasteiger partial charge is 0.244 e. The number of hydrogen-bond acceptors (Lipinski definition) is 12. The zero-order valence-electron chi connectivity index (χ0n) is 40.7. The van der Waals surface area contributed by atoms with Gasteiger partial charge < -0.3 is 81.9 Å². The van der Waals surface area contributed by atoms with Crippen LogP contribution in [-0.2, 0) is 56.0 Å². The Balaban J connectivity index is 1.74. The maximum Gasteiger partial charge on any atom is 0.244 e. The highest BCUT2D eigenvalue weighted by Crippen LogP contribution is 2.20. The molecular formula is C47H69N17O9. The van der Waals surface area contributed by atoms with Crippen molar-refractivity contribution < 1.29 is 43.2 Å². The molecule has 2 heterocycles. The second kappa shape index (κ2) is 29.1. The summed E-state index contributed by atoms with van der Waals surface area (Å²) in [5.41, 5.74) is 35.7. The number of aromatic amines is 1. The van der Waals surface area contributed by atoms with Crippen molar-refractivity contribution in [3.8, 4) is 0 Å². The van der Waals surface area contributed by atoms with Gasteiger partial charge in [-0.05, 0) is 62.1 Å². The molecule has 1 fully saturated rings. The van der Waals surface area contributed by atoms with Crippen LogP contribution in [0.4, 0.5) is 0 Å². The molecule has 0 spiro atoms. The molecule has 26 nitrogen and oxygen atoms in total. The number of benzene rings is 2. The molecule has 0 aliphatic carbocycles. The maximum absolute atomic E-state index is 14.5. The van der Waals surface area contributed by atoms with Crippen LogP contribution in [0.2, 0.25) is 0 Å². The summed E-state index contributed by atoms with van der Waals surface area (Å²) in [6.45, 7) is 0.844. The summed E-state index contributed by atoms with van der Waals surface area (Å²) in [5.74, 6) is -7.76. The lowest BCUT2D eigenvalue weighted by Gasteiger charge is -2.27. The van der Waals surface area contributed by atoms with Crippen LogP contribution in [0, 0.1) is 0 Å². The first-order valence-electron chi connectivity index (χ1n) is 23.9. The minimum atomic E-state index is -1.64. The molecule has 9 amide bonds. The number of H-pyrrole nitrogens is 1. The van der Waals surface area contributed by atoms with Gasteiger partial charge in [-0.3, -0.25) is 53.1 Å². The van der Waals surface area contributed by atoms with Crippen LogP contribution in [0.25, 0.3) is 10.9 Å². The Hall–Kier alpha value is -8.29. The minimum Gasteiger partial charge on any atom is -0.370 e. The van der Waals surface area contributed by atoms with E-state index >= 15 is 0 Å². The molecule has 7 atom stereocenters. The Labute approximate surface area is 421 Å². The number of rotatable bonds is 17. The largest absolute Gasteiger partial charge is 0.370 e. The van der Waals surface area contributed by atoms with Gasteiger partial charge >= 0.3 is 0 Å². The first kappa shape index (κ1) is 57.3. The van der Waals surface area contributed by atoms with Gasteiger partial charge in [0.2, 0.25) is 53.2 Å². The SMILES string of the molecule is CC(=O)NC(CCCN=C(N)N)C(=O)NC1CC(=O)NCCCCC(C(N)=O)NC(=O)C(Cc2c[nH]c3ccccc23)NC(=O)C(CCCN=C(N)N)NC(=O)C(Cc2ccccc2)NC(=O)C(CN)NC1=O. The predicted molar refractivity (Wildman–Crippen MR) is 271 cm³/mol. The van der Waals surface area contributed by atoms with Gasteiger partial charge in [-0.15, -0.1) is 0 Å². The van der Waals surface area contributed by atoms with Crippen LogP contribution in [0.1, 0.15) is 69.4 Å². The Kier molecular flexibility index (Phi) is 22.9. The first-order chi connectivity index (χ1) is 34.8. The van der Waals surface area contributed by atoms with Crippen molar-refractivity contribution >= 4 is 76.0 Å². The van der Waals surface area contributed by atoms with Crippen LogP contribution in [0.3, 0.4) is 0 Å². The summed E-state index contributed by atoms with van der Waals surface area (Å²) in [4.78, 5) is 134. The van der Waals surface area contributed by atoms with Gasteiger partial charge in [0.1, 0.15) is 42.3 Å². The molecule has 396 valence electrons. The van der Waals surface area contributed by atoms with Crippen molar-refractivity contribution in [2.75, 3.05) is 26.2 Å². The first-order valence-corrected chi connectivity index (χ1v) is 23.9. The average Bonchev–Trinajstić information content (AvgIpc) is 3.75. The Bertz CT molecular complexity index is 2460. The fourth-order valence-corrected chi connectivity index (χ4v) is 7.90. The fourth-order valence-electron chi connectivity index (χ4n) is 7.90. The summed E-state index contributed by atoms with van der Waals surface area (Å²) in [6.07, 6.45) is 1.72. The number of nitrogens with zero attached hydrogens (tertiary/aromatic N) is 2. The molecule has 26 heteroatoms. The van der Waals surface area contributed by atoms with E-state index in [1.54, 1.807) is 36.5 Å². The van der Waals surface area contributed by atoms with E-state index in [0.29, 0.717) is 11.1 Å². The van der Waals surface area contributed by atoms with Crippen LogP contribution in [0.15, 0.2) is 70.8 Å². The highest BCUT2D eigenvalue weighted by Gasteiger charge is 2.35. The van der Waals surface area contributed by atoms with Crippen LogP contribution in [0.5, 0.6) is 0 Å². The number of guanidine groups is 2. The number of primary amides is 1. The number of nitrogens with one attached hydrogen (secondary N) is 9. The molecular weight excluding hydrogens is 947 g/mol. The van der Waals surface area contributed by atoms with Crippen LogP contribution in [-0.4, -0.2) is 139 Å². The van der Waals surface area contributed by atoms with Crippen molar-refractivity contribution in [3.05, 3.63) is 71.9 Å². The van der Waals surface area contributed by atoms with E-state index in [9.17, 15) is 43.2 Å². The topological polar surface area (TPSA) is 446 Å². The lowest BCUT2D eigenvalue weighted by atomic mass is 10.0. The van der Waals surface area contributed by atoms with Crippen molar-refractivity contribution in [2.45, 2.75) is 113 Å². The Morgan fingerprint density at radius 1 is 0.699 bits per heavy atom. The Morgan fingerprint density at radius 3 is 1.95 bits per heavy atom. The van der Waals surface area contributed by atoms with Gasteiger partial charge in [-0.25, -0.2) is 0 Å². The number of aromatic nitrogens is 1. The third kappa shape index (κ3) is 19.4. The molecule has 1 aromatic heterocycles. The molecule has 3 aromatic rings. The zero-order chi connectivity index (χ0) is 53.5. The standard InChI is InChI=1S/C47H69N17O9/c1-26(65)58-32(16-9-19-55-46(50)51)40(68)63-36-23-38(66)54-18-8-7-15-31(39(49)67)59-43(71)35(22-28-25-57-30-14-6-5-13-29(28)30)62-41(69)33(17-10-20-56-47(52)53)60-42(70)34(21-27-11-3-2-4-12-27)61-45(73)37(24-48)64-44(36)72/h2-6,11-14,25,31-37,57H,7-10,15-24,48H2,1H3,(H2,49,67)(H,54,66)(H,58,65)(H,59,71)(H,60,70)(H,61,73)(H,62,69)(H,63,68)(H,64,72)(H4,50,51,55)(H4,52,53,56). The van der Waals surface area contributed by atoms with E-state index in [1.165, 1.54) is 6.92 Å². The van der Waals surface area contributed by atoms with Gasteiger partial charge in [0.25, 0.3) is 0 Å². The maximum atomic E-state index is 14.5. The molecule has 73 heavy (non-hydrogen) atoms. The normalized spacial score (nSPS) is 21.3. The lowest BCUT2D eigenvalue weighted by molar-refractivity contribution is -0.136. The summed E-state index contributed by atoms with van der Waals surface area (Å²) >= 11 is 0. The van der Waals surface area contributed by atoms with Crippen molar-refractivity contribution in [1.82, 2.24) is 47.5 Å². The average molecular weight is 1020 g/mol. The van der Waals surface area contributed by atoms with Crippen LogP contribution >= 0.6 is 0 Å². The second-order valence-electron chi connectivity index (χ2n) is 17.5. The molecule has 2 aromatic carbocycles. The van der Waals surface area contributed by atoms with Crippen LogP contribution < -0.4 is 76.9 Å². The van der Waals surface area contributed by atoms with E-state index < -0.39 is 108 Å². The number of nitrogens with two attached hydrogens (primary N) is 6. The number of para-hydroxylation sites is 1. The monoisotopic (exact) mass is 1020 g/mol. The molecule has 0 bridgehead atoms. The highest BCUT2D eigenvalue weighted by molar-refractivity contribution is 5.99. The quantitative estimate of drug-likeness (QED) is 0.0345. The van der Waals surface area contributed by atoms with E-state index in [1.807, 2.05) is 24.3 Å². The number of hydrogen-bond donors (Lipinski definition) is 15. The summed E-state index contributed by atoms with van der Waals surface area (Å²) < 4.78 is 0. The van der Waals surface area contributed by atoms with Gasteiger partial charge in [-0.1, -0.05) is 48.5 Å². The van der Waals surface area contributed by atoms with Crippen molar-refractivity contribution in [1.29, 1.82) is 0 Å². The molecule has 1 aliphatic rings. The summed E-state index contributed by atoms with van der Waals surface area (Å²) in [5, 5.41) is 21.7. The number of amides is 9. The number of aliphatic imine (C=N–C) groups is 2. The van der Waals surface area contributed by atoms with E-state index in [4.69, 9.17) is 34.4 Å². The number of fused-ring (bicyclic) bond motifs is 1. The highest BCUT2D eigenvalue weighted by atomic mass is 16.2. The van der Waals surface area contributed by atoms with Crippen molar-refractivity contribution in [3.63, 3.8) is 0 Å². The minimum absolute atomic E-state index is 0.0152. The molecule has 1 aliphatic heterocycles. The number of carbonyl (C=O) groups is 9. The molecule has 4 rings (SSSR count). The van der Waals surface area contributed by atoms with E-state index in [2.05, 4.69) is 57.5 Å². The molecule has 0 radical (unpaired) electrons. The zero-order valence-corrected chi connectivity index (χ0v) is 40.7.